The molecule has 0 bridgehead atoms. The lowest BCUT2D eigenvalue weighted by Crippen LogP contribution is -2.19. The Bertz CT molecular complexity index is 1350. The second-order valence-corrected chi connectivity index (χ2v) is 9.30. The van der Waals surface area contributed by atoms with E-state index in [0.717, 1.165) is 10.5 Å². The van der Waals surface area contributed by atoms with Crippen molar-refractivity contribution < 1.29 is 14.4 Å². The van der Waals surface area contributed by atoms with Crippen molar-refractivity contribution in [3.8, 4) is 0 Å². The summed E-state index contributed by atoms with van der Waals surface area (Å²) in [5, 5.41) is 10.8. The van der Waals surface area contributed by atoms with Crippen molar-refractivity contribution in [3.63, 3.8) is 0 Å². The minimum Gasteiger partial charge on any atom is -0.326 e. The molecule has 0 spiro atoms. The number of nitrogens with one attached hydrogen (secondary N) is 4. The molecule has 1 unspecified atom stereocenters. The number of para-hydroxylation sites is 1. The fourth-order valence-corrected chi connectivity index (χ4v) is 4.54. The number of benzene rings is 4. The third-order valence-corrected chi connectivity index (χ3v) is 6.48. The Morgan fingerprint density at radius 3 is 1.59 bits per heavy atom. The summed E-state index contributed by atoms with van der Waals surface area (Å²) in [5.74, 6) is -0.330. The Balaban J connectivity index is 1.43. The summed E-state index contributed by atoms with van der Waals surface area (Å²) < 4.78 is 0. The summed E-state index contributed by atoms with van der Waals surface area (Å²) in [4.78, 5) is 37.7. The van der Waals surface area contributed by atoms with E-state index in [1.165, 1.54) is 18.7 Å². The number of carbonyl (C=O) groups excluding carboxylic acids is 3. The minimum absolute atomic E-state index is 0.157. The highest BCUT2D eigenvalue weighted by molar-refractivity contribution is 8.00. The van der Waals surface area contributed by atoms with Crippen molar-refractivity contribution in [3.05, 3.63) is 115 Å². The van der Waals surface area contributed by atoms with Gasteiger partial charge in [0.1, 0.15) is 5.25 Å². The molecule has 4 aromatic carbocycles. The Hall–Kier alpha value is -4.56. The van der Waals surface area contributed by atoms with Gasteiger partial charge in [0, 0.05) is 34.6 Å². The molecule has 0 aliphatic rings. The largest absolute Gasteiger partial charge is 0.326 e. The molecule has 1 atom stereocenters. The molecule has 186 valence electrons. The molecule has 4 rings (SSSR count). The third-order valence-electron chi connectivity index (χ3n) is 5.21. The molecule has 0 aromatic heterocycles. The maximum atomic E-state index is 13.3. The molecular formula is C29H26N4O3S. The van der Waals surface area contributed by atoms with Crippen LogP contribution >= 0.6 is 11.8 Å². The number of thioether (sulfide) groups is 1. The summed E-state index contributed by atoms with van der Waals surface area (Å²) in [6, 6.07) is 32.7. The summed E-state index contributed by atoms with van der Waals surface area (Å²) >= 11 is 1.41. The van der Waals surface area contributed by atoms with Gasteiger partial charge in [0.05, 0.1) is 0 Å². The first kappa shape index (κ1) is 25.5. The van der Waals surface area contributed by atoms with Crippen molar-refractivity contribution in [1.29, 1.82) is 0 Å². The lowest BCUT2D eigenvalue weighted by Gasteiger charge is -2.18. The van der Waals surface area contributed by atoms with Crippen LogP contribution in [0.15, 0.2) is 114 Å². The van der Waals surface area contributed by atoms with Crippen molar-refractivity contribution in [2.45, 2.75) is 17.1 Å². The van der Waals surface area contributed by atoms with E-state index >= 15 is 0 Å². The number of anilines is 4. The molecule has 4 amide bonds. The fourth-order valence-electron chi connectivity index (χ4n) is 3.52. The van der Waals surface area contributed by atoms with Gasteiger partial charge in [-0.1, -0.05) is 48.5 Å². The maximum absolute atomic E-state index is 13.3. The van der Waals surface area contributed by atoms with Gasteiger partial charge < -0.3 is 21.3 Å². The van der Waals surface area contributed by atoms with Gasteiger partial charge in [-0.3, -0.25) is 9.59 Å². The smallest absolute Gasteiger partial charge is 0.323 e. The highest BCUT2D eigenvalue weighted by Crippen LogP contribution is 2.36. The van der Waals surface area contributed by atoms with Crippen LogP contribution in [0.2, 0.25) is 0 Å². The standard InChI is InChI=1S/C29H26N4O3S/c1-20(34)30-23-12-14-24(15-13-23)31-28(35)27(21-8-4-2-5-9-21)37-26-18-16-25(17-19-26)33-29(36)32-22-10-6-3-7-11-22/h2-19,27H,1H3,(H,30,34)(H,31,35)(H2,32,33,36). The van der Waals surface area contributed by atoms with Crippen molar-refractivity contribution in [2.75, 3.05) is 21.3 Å². The molecule has 0 saturated heterocycles. The molecule has 0 heterocycles. The van der Waals surface area contributed by atoms with E-state index in [9.17, 15) is 14.4 Å². The normalized spacial score (nSPS) is 11.2. The van der Waals surface area contributed by atoms with E-state index < -0.39 is 5.25 Å². The number of hydrogen-bond donors (Lipinski definition) is 4. The van der Waals surface area contributed by atoms with E-state index in [0.29, 0.717) is 22.7 Å². The lowest BCUT2D eigenvalue weighted by molar-refractivity contribution is -0.116. The quantitative estimate of drug-likeness (QED) is 0.197. The van der Waals surface area contributed by atoms with Gasteiger partial charge in [-0.25, -0.2) is 4.79 Å². The Kier molecular flexibility index (Phi) is 8.57. The molecule has 8 heteroatoms. The van der Waals surface area contributed by atoms with Gasteiger partial charge in [-0.2, -0.15) is 0 Å². The van der Waals surface area contributed by atoms with Crippen LogP contribution in [0, 0.1) is 0 Å². The van der Waals surface area contributed by atoms with Gasteiger partial charge in [-0.05, 0) is 66.2 Å². The average molecular weight is 511 g/mol. The van der Waals surface area contributed by atoms with E-state index in [-0.39, 0.29) is 17.8 Å². The van der Waals surface area contributed by atoms with Crippen molar-refractivity contribution in [1.82, 2.24) is 0 Å². The van der Waals surface area contributed by atoms with E-state index in [1.54, 1.807) is 36.4 Å². The van der Waals surface area contributed by atoms with Gasteiger partial charge in [0.2, 0.25) is 11.8 Å². The molecule has 4 N–H and O–H groups in total. The van der Waals surface area contributed by atoms with E-state index in [2.05, 4.69) is 21.3 Å². The Labute approximate surface area is 219 Å². The van der Waals surface area contributed by atoms with Gasteiger partial charge in [-0.15, -0.1) is 11.8 Å². The lowest BCUT2D eigenvalue weighted by atomic mass is 10.1. The number of carbonyl (C=O) groups is 3. The average Bonchev–Trinajstić information content (AvgIpc) is 2.90. The monoisotopic (exact) mass is 510 g/mol. The number of hydrogen-bond acceptors (Lipinski definition) is 4. The molecule has 0 aliphatic heterocycles. The predicted molar refractivity (Wildman–Crippen MR) is 150 cm³/mol. The number of rotatable bonds is 8. The highest BCUT2D eigenvalue weighted by atomic mass is 32.2. The molecule has 0 fully saturated rings. The van der Waals surface area contributed by atoms with E-state index in [1.807, 2.05) is 72.8 Å². The maximum Gasteiger partial charge on any atom is 0.323 e. The van der Waals surface area contributed by atoms with Crippen LogP contribution in [0.3, 0.4) is 0 Å². The van der Waals surface area contributed by atoms with E-state index in [4.69, 9.17) is 0 Å². The van der Waals surface area contributed by atoms with Crippen LogP contribution in [0.5, 0.6) is 0 Å². The zero-order valence-corrected chi connectivity index (χ0v) is 20.9. The van der Waals surface area contributed by atoms with Gasteiger partial charge in [0.15, 0.2) is 0 Å². The predicted octanol–water partition coefficient (Wildman–Crippen LogP) is 6.76. The summed E-state index contributed by atoms with van der Waals surface area (Å²) in [5.41, 5.74) is 3.49. The van der Waals surface area contributed by atoms with Gasteiger partial charge >= 0.3 is 6.03 Å². The fraction of sp³-hybridized carbons (Fsp3) is 0.0690. The summed E-state index contributed by atoms with van der Waals surface area (Å²) in [6.07, 6.45) is 0. The Morgan fingerprint density at radius 1 is 0.568 bits per heavy atom. The number of urea groups is 1. The Morgan fingerprint density at radius 2 is 1.03 bits per heavy atom. The van der Waals surface area contributed by atoms with Crippen LogP contribution in [0.1, 0.15) is 17.7 Å². The van der Waals surface area contributed by atoms with Crippen LogP contribution < -0.4 is 21.3 Å². The van der Waals surface area contributed by atoms with Crippen LogP contribution in [-0.2, 0) is 9.59 Å². The second kappa shape index (κ2) is 12.4. The molecule has 0 aliphatic carbocycles. The molecule has 0 saturated carbocycles. The minimum atomic E-state index is -0.503. The zero-order valence-electron chi connectivity index (χ0n) is 20.1. The van der Waals surface area contributed by atoms with Crippen molar-refractivity contribution in [2.24, 2.45) is 0 Å². The van der Waals surface area contributed by atoms with Crippen LogP contribution in [0.25, 0.3) is 0 Å². The first-order valence-electron chi connectivity index (χ1n) is 11.6. The first-order chi connectivity index (χ1) is 18.0. The molecule has 37 heavy (non-hydrogen) atoms. The van der Waals surface area contributed by atoms with Crippen LogP contribution in [0.4, 0.5) is 27.5 Å². The van der Waals surface area contributed by atoms with Crippen LogP contribution in [-0.4, -0.2) is 17.8 Å². The van der Waals surface area contributed by atoms with Crippen molar-refractivity contribution >= 4 is 52.4 Å². The van der Waals surface area contributed by atoms with Gasteiger partial charge in [0.25, 0.3) is 0 Å². The molecule has 7 nitrogen and oxygen atoms in total. The zero-order chi connectivity index (χ0) is 26.0. The summed E-state index contributed by atoms with van der Waals surface area (Å²) in [6.45, 7) is 1.44. The topological polar surface area (TPSA) is 99.3 Å². The molecule has 4 aromatic rings. The summed E-state index contributed by atoms with van der Waals surface area (Å²) in [7, 11) is 0. The molecular weight excluding hydrogens is 484 g/mol. The number of amides is 4. The second-order valence-electron chi connectivity index (χ2n) is 8.13. The SMILES string of the molecule is CC(=O)Nc1ccc(NC(=O)C(Sc2ccc(NC(=O)Nc3ccccc3)cc2)c2ccccc2)cc1. The highest BCUT2D eigenvalue weighted by Gasteiger charge is 2.22. The first-order valence-corrected chi connectivity index (χ1v) is 12.5. The third kappa shape index (κ3) is 7.71. The molecule has 0 radical (unpaired) electrons.